The Kier molecular flexibility index (Phi) is 3.72. The zero-order chi connectivity index (χ0) is 12.3. The first-order valence-corrected chi connectivity index (χ1v) is 6.55. The molecule has 0 aromatic heterocycles. The fourth-order valence-electron chi connectivity index (χ4n) is 2.53. The predicted molar refractivity (Wildman–Crippen MR) is 69.1 cm³/mol. The van der Waals surface area contributed by atoms with E-state index >= 15 is 0 Å². The minimum atomic E-state index is -0.268. The second kappa shape index (κ2) is 5.09. The van der Waals surface area contributed by atoms with Gasteiger partial charge in [0, 0.05) is 0 Å². The van der Waals surface area contributed by atoms with Crippen LogP contribution in [0, 0.1) is 0 Å². The van der Waals surface area contributed by atoms with E-state index in [1.165, 1.54) is 32.1 Å². The lowest BCUT2D eigenvalue weighted by molar-refractivity contribution is -0.0889. The Morgan fingerprint density at radius 1 is 1.06 bits per heavy atom. The van der Waals surface area contributed by atoms with E-state index in [1.807, 2.05) is 12.1 Å². The lowest BCUT2D eigenvalue weighted by Gasteiger charge is -2.33. The third-order valence-electron chi connectivity index (χ3n) is 3.58. The molecule has 0 unspecified atom stereocenters. The molecule has 1 saturated carbocycles. The molecule has 2 heteroatoms. The van der Waals surface area contributed by atoms with Crippen LogP contribution in [0.25, 0.3) is 0 Å². The fraction of sp³-hybridized carbons (Fsp3) is 0.600. The van der Waals surface area contributed by atoms with Crippen LogP contribution in [0.2, 0.25) is 0 Å². The van der Waals surface area contributed by atoms with E-state index in [2.05, 4.69) is 13.8 Å². The summed E-state index contributed by atoms with van der Waals surface area (Å²) in [7, 11) is 0. The van der Waals surface area contributed by atoms with Crippen molar-refractivity contribution in [2.45, 2.75) is 57.7 Å². The highest BCUT2D eigenvalue weighted by atomic mass is 16.5. The lowest BCUT2D eigenvalue weighted by atomic mass is 9.94. The van der Waals surface area contributed by atoms with Crippen LogP contribution in [-0.2, 0) is 10.3 Å². The zero-order valence-corrected chi connectivity index (χ0v) is 10.8. The zero-order valence-electron chi connectivity index (χ0n) is 10.8. The molecule has 0 amide bonds. The molecule has 0 saturated heterocycles. The molecule has 1 N–H and O–H groups in total. The Labute approximate surface area is 104 Å². The molecule has 0 atom stereocenters. The maximum atomic E-state index is 9.30. The Hall–Kier alpha value is -1.02. The Morgan fingerprint density at radius 3 is 2.24 bits per heavy atom. The van der Waals surface area contributed by atoms with Crippen LogP contribution in [0.5, 0.6) is 5.75 Å². The second-order valence-electron chi connectivity index (χ2n) is 5.44. The molecule has 1 aromatic carbocycles. The number of phenolic OH excluding ortho intramolecular Hbond substituents is 1. The van der Waals surface area contributed by atoms with Gasteiger partial charge in [-0.25, -0.2) is 0 Å². The smallest absolute Gasteiger partial charge is 0.115 e. The van der Waals surface area contributed by atoms with Gasteiger partial charge in [-0.15, -0.1) is 0 Å². The van der Waals surface area contributed by atoms with Gasteiger partial charge < -0.3 is 9.84 Å². The van der Waals surface area contributed by atoms with Crippen molar-refractivity contribution in [2.75, 3.05) is 0 Å². The van der Waals surface area contributed by atoms with Crippen molar-refractivity contribution in [3.05, 3.63) is 29.8 Å². The van der Waals surface area contributed by atoms with Crippen LogP contribution in [0.3, 0.4) is 0 Å². The van der Waals surface area contributed by atoms with Crippen molar-refractivity contribution in [2.24, 2.45) is 0 Å². The summed E-state index contributed by atoms with van der Waals surface area (Å²) in [6, 6.07) is 7.33. The predicted octanol–water partition coefficient (Wildman–Crippen LogP) is 3.98. The number of rotatable bonds is 3. The largest absolute Gasteiger partial charge is 0.508 e. The summed E-state index contributed by atoms with van der Waals surface area (Å²) in [5.74, 6) is 0.308. The quantitative estimate of drug-likeness (QED) is 0.857. The summed E-state index contributed by atoms with van der Waals surface area (Å²) in [5.41, 5.74) is 0.858. The molecule has 0 heterocycles. The van der Waals surface area contributed by atoms with Crippen molar-refractivity contribution < 1.29 is 9.84 Å². The highest BCUT2D eigenvalue weighted by molar-refractivity contribution is 5.29. The van der Waals surface area contributed by atoms with E-state index in [9.17, 15) is 5.11 Å². The average Bonchev–Trinajstić information content (AvgIpc) is 2.30. The summed E-state index contributed by atoms with van der Waals surface area (Å²) < 4.78 is 6.22. The number of phenols is 1. The van der Waals surface area contributed by atoms with Crippen LogP contribution in [0.1, 0.15) is 51.5 Å². The molecule has 1 aliphatic carbocycles. The third kappa shape index (κ3) is 3.22. The highest BCUT2D eigenvalue weighted by Gasteiger charge is 2.26. The van der Waals surface area contributed by atoms with Crippen LogP contribution in [0.4, 0.5) is 0 Å². The second-order valence-corrected chi connectivity index (χ2v) is 5.44. The SMILES string of the molecule is CC(C)(OC1CCCCC1)c1ccc(O)cc1. The molecule has 0 spiro atoms. The molecule has 0 bridgehead atoms. The standard InChI is InChI=1S/C15H22O2/c1-15(2,12-8-10-13(16)11-9-12)17-14-6-4-3-5-7-14/h8-11,14,16H,3-7H2,1-2H3. The van der Waals surface area contributed by atoms with Gasteiger partial charge in [-0.1, -0.05) is 31.4 Å². The van der Waals surface area contributed by atoms with Crippen LogP contribution >= 0.6 is 0 Å². The van der Waals surface area contributed by atoms with Gasteiger partial charge in [0.05, 0.1) is 11.7 Å². The van der Waals surface area contributed by atoms with Crippen molar-refractivity contribution in [3.63, 3.8) is 0 Å². The maximum Gasteiger partial charge on any atom is 0.115 e. The third-order valence-corrected chi connectivity index (χ3v) is 3.58. The lowest BCUT2D eigenvalue weighted by Crippen LogP contribution is -2.29. The number of hydrogen-bond acceptors (Lipinski definition) is 2. The van der Waals surface area contributed by atoms with E-state index < -0.39 is 0 Å². The number of benzene rings is 1. The van der Waals surface area contributed by atoms with Crippen molar-refractivity contribution in [1.82, 2.24) is 0 Å². The summed E-state index contributed by atoms with van der Waals surface area (Å²) in [6.07, 6.45) is 6.68. The van der Waals surface area contributed by atoms with Crippen LogP contribution in [0.15, 0.2) is 24.3 Å². The van der Waals surface area contributed by atoms with Gasteiger partial charge in [0.1, 0.15) is 5.75 Å². The number of aromatic hydroxyl groups is 1. The average molecular weight is 234 g/mol. The molecule has 0 radical (unpaired) electrons. The van der Waals surface area contributed by atoms with Crippen molar-refractivity contribution in [1.29, 1.82) is 0 Å². The fourth-order valence-corrected chi connectivity index (χ4v) is 2.53. The molecule has 2 nitrogen and oxygen atoms in total. The van der Waals surface area contributed by atoms with E-state index in [4.69, 9.17) is 4.74 Å². The summed E-state index contributed by atoms with van der Waals surface area (Å²) >= 11 is 0. The molecular weight excluding hydrogens is 212 g/mol. The first kappa shape index (κ1) is 12.4. The van der Waals surface area contributed by atoms with Gasteiger partial charge in [-0.2, -0.15) is 0 Å². The molecule has 0 aliphatic heterocycles. The van der Waals surface area contributed by atoms with Crippen molar-refractivity contribution >= 4 is 0 Å². The first-order valence-electron chi connectivity index (χ1n) is 6.55. The Morgan fingerprint density at radius 2 is 1.65 bits per heavy atom. The van der Waals surface area contributed by atoms with E-state index in [1.54, 1.807) is 12.1 Å². The van der Waals surface area contributed by atoms with Gasteiger partial charge in [0.25, 0.3) is 0 Å². The molecular formula is C15H22O2. The van der Waals surface area contributed by atoms with Gasteiger partial charge in [0.15, 0.2) is 0 Å². The molecule has 17 heavy (non-hydrogen) atoms. The summed E-state index contributed by atoms with van der Waals surface area (Å²) in [4.78, 5) is 0. The minimum Gasteiger partial charge on any atom is -0.508 e. The molecule has 94 valence electrons. The molecule has 1 fully saturated rings. The van der Waals surface area contributed by atoms with Gasteiger partial charge in [-0.05, 0) is 44.4 Å². The van der Waals surface area contributed by atoms with Gasteiger partial charge >= 0.3 is 0 Å². The normalized spacial score (nSPS) is 18.2. The van der Waals surface area contributed by atoms with E-state index in [0.29, 0.717) is 11.9 Å². The Bertz CT molecular complexity index is 348. The van der Waals surface area contributed by atoms with Crippen LogP contribution in [-0.4, -0.2) is 11.2 Å². The van der Waals surface area contributed by atoms with Crippen LogP contribution < -0.4 is 0 Å². The molecule has 1 aromatic rings. The monoisotopic (exact) mass is 234 g/mol. The summed E-state index contributed by atoms with van der Waals surface area (Å²) in [6.45, 7) is 4.21. The molecule has 1 aliphatic rings. The summed E-state index contributed by atoms with van der Waals surface area (Å²) in [5, 5.41) is 9.30. The first-order chi connectivity index (χ1) is 8.08. The highest BCUT2D eigenvalue weighted by Crippen LogP contribution is 2.31. The minimum absolute atomic E-state index is 0.268. The van der Waals surface area contributed by atoms with E-state index in [-0.39, 0.29) is 5.60 Å². The number of hydrogen-bond donors (Lipinski definition) is 1. The van der Waals surface area contributed by atoms with Gasteiger partial charge in [-0.3, -0.25) is 0 Å². The topological polar surface area (TPSA) is 29.5 Å². The van der Waals surface area contributed by atoms with E-state index in [0.717, 1.165) is 5.56 Å². The van der Waals surface area contributed by atoms with Crippen molar-refractivity contribution in [3.8, 4) is 5.75 Å². The van der Waals surface area contributed by atoms with Gasteiger partial charge in [0.2, 0.25) is 0 Å². The number of ether oxygens (including phenoxy) is 1. The Balaban J connectivity index is 2.04. The molecule has 2 rings (SSSR count). The maximum absolute atomic E-state index is 9.30.